The van der Waals surface area contributed by atoms with Gasteiger partial charge in [0.05, 0.1) is 6.61 Å². The first-order valence-corrected chi connectivity index (χ1v) is 8.25. The molecule has 112 valence electrons. The summed E-state index contributed by atoms with van der Waals surface area (Å²) >= 11 is 3.53. The quantitative estimate of drug-likeness (QED) is 0.681. The lowest BCUT2D eigenvalue weighted by Crippen LogP contribution is -2.23. The maximum Gasteiger partial charge on any atom is 0.119 e. The molecule has 1 N–H and O–H groups in total. The largest absolute Gasteiger partial charge is 0.494 e. The molecule has 0 fully saturated rings. The monoisotopic (exact) mass is 347 g/mol. The highest BCUT2D eigenvalue weighted by Crippen LogP contribution is 2.20. The topological polar surface area (TPSA) is 21.3 Å². The zero-order valence-electron chi connectivity index (χ0n) is 12.4. The van der Waals surface area contributed by atoms with Crippen molar-refractivity contribution in [3.8, 4) is 5.75 Å². The van der Waals surface area contributed by atoms with Gasteiger partial charge in [-0.05, 0) is 49.2 Å². The van der Waals surface area contributed by atoms with Crippen molar-refractivity contribution in [3.63, 3.8) is 0 Å². The molecule has 0 heterocycles. The summed E-state index contributed by atoms with van der Waals surface area (Å²) < 4.78 is 6.83. The van der Waals surface area contributed by atoms with Crippen molar-refractivity contribution in [2.75, 3.05) is 13.2 Å². The second kappa shape index (κ2) is 8.85. The average Bonchev–Trinajstić information content (AvgIpc) is 2.52. The molecule has 2 aromatic rings. The van der Waals surface area contributed by atoms with Crippen molar-refractivity contribution in [2.45, 2.75) is 25.8 Å². The van der Waals surface area contributed by atoms with Gasteiger partial charge >= 0.3 is 0 Å². The molecule has 21 heavy (non-hydrogen) atoms. The maximum atomic E-state index is 5.70. The lowest BCUT2D eigenvalue weighted by Gasteiger charge is -2.18. The standard InChI is InChI=1S/C18H22BrNO/c1-2-18(15-8-6-9-16(19)14-15)20-12-7-13-21-17-10-4-3-5-11-17/h3-6,8-11,14,18,20H,2,7,12-13H2,1H3. The fourth-order valence-corrected chi connectivity index (χ4v) is 2.69. The highest BCUT2D eigenvalue weighted by molar-refractivity contribution is 9.10. The van der Waals surface area contributed by atoms with Gasteiger partial charge in [-0.25, -0.2) is 0 Å². The number of para-hydroxylation sites is 1. The first-order chi connectivity index (χ1) is 10.3. The number of hydrogen-bond acceptors (Lipinski definition) is 2. The molecule has 2 rings (SSSR count). The van der Waals surface area contributed by atoms with E-state index in [-0.39, 0.29) is 0 Å². The average molecular weight is 348 g/mol. The Bertz CT molecular complexity index is 530. The summed E-state index contributed by atoms with van der Waals surface area (Å²) in [4.78, 5) is 0. The molecule has 2 nitrogen and oxygen atoms in total. The van der Waals surface area contributed by atoms with Crippen molar-refractivity contribution in [3.05, 3.63) is 64.6 Å². The maximum absolute atomic E-state index is 5.70. The van der Waals surface area contributed by atoms with E-state index in [9.17, 15) is 0 Å². The fraction of sp³-hybridized carbons (Fsp3) is 0.333. The Morgan fingerprint density at radius 3 is 2.62 bits per heavy atom. The van der Waals surface area contributed by atoms with E-state index >= 15 is 0 Å². The van der Waals surface area contributed by atoms with Crippen LogP contribution in [0.1, 0.15) is 31.4 Å². The first kappa shape index (κ1) is 16.1. The predicted octanol–water partition coefficient (Wildman–Crippen LogP) is 4.96. The van der Waals surface area contributed by atoms with E-state index in [0.29, 0.717) is 6.04 Å². The molecule has 0 spiro atoms. The van der Waals surface area contributed by atoms with Crippen LogP contribution in [-0.2, 0) is 0 Å². The zero-order chi connectivity index (χ0) is 14.9. The second-order valence-corrected chi connectivity index (χ2v) is 5.90. The van der Waals surface area contributed by atoms with Gasteiger partial charge in [0, 0.05) is 10.5 Å². The van der Waals surface area contributed by atoms with Gasteiger partial charge in [0.2, 0.25) is 0 Å². The third-order valence-electron chi connectivity index (χ3n) is 3.38. The molecule has 3 heteroatoms. The number of benzene rings is 2. The summed E-state index contributed by atoms with van der Waals surface area (Å²) in [6.45, 7) is 3.91. The summed E-state index contributed by atoms with van der Waals surface area (Å²) in [5.41, 5.74) is 1.33. The van der Waals surface area contributed by atoms with E-state index in [1.807, 2.05) is 30.3 Å². The number of halogens is 1. The minimum atomic E-state index is 0.402. The van der Waals surface area contributed by atoms with Crippen molar-refractivity contribution >= 4 is 15.9 Å². The van der Waals surface area contributed by atoms with E-state index in [0.717, 1.165) is 36.2 Å². The Hall–Kier alpha value is -1.32. The van der Waals surface area contributed by atoms with Gasteiger partial charge in [0.25, 0.3) is 0 Å². The summed E-state index contributed by atoms with van der Waals surface area (Å²) in [5.74, 6) is 0.941. The van der Waals surface area contributed by atoms with Crippen LogP contribution in [0.25, 0.3) is 0 Å². The van der Waals surface area contributed by atoms with Crippen molar-refractivity contribution in [2.24, 2.45) is 0 Å². The van der Waals surface area contributed by atoms with Crippen molar-refractivity contribution in [1.29, 1.82) is 0 Å². The Kier molecular flexibility index (Phi) is 6.77. The molecule has 0 amide bonds. The molecule has 0 aliphatic heterocycles. The van der Waals surface area contributed by atoms with Gasteiger partial charge in [0.15, 0.2) is 0 Å². The summed E-state index contributed by atoms with van der Waals surface area (Å²) in [7, 11) is 0. The Morgan fingerprint density at radius 2 is 1.90 bits per heavy atom. The lowest BCUT2D eigenvalue weighted by molar-refractivity contribution is 0.304. The van der Waals surface area contributed by atoms with Gasteiger partial charge in [0.1, 0.15) is 5.75 Å². The summed E-state index contributed by atoms with van der Waals surface area (Å²) in [6, 6.07) is 18.9. The van der Waals surface area contributed by atoms with E-state index in [2.05, 4.69) is 52.4 Å². The minimum Gasteiger partial charge on any atom is -0.494 e. The van der Waals surface area contributed by atoms with Crippen molar-refractivity contribution in [1.82, 2.24) is 5.32 Å². The number of rotatable bonds is 8. The van der Waals surface area contributed by atoms with Gasteiger partial charge in [-0.2, -0.15) is 0 Å². The third-order valence-corrected chi connectivity index (χ3v) is 3.88. The highest BCUT2D eigenvalue weighted by atomic mass is 79.9. The van der Waals surface area contributed by atoms with Gasteiger partial charge < -0.3 is 10.1 Å². The number of ether oxygens (including phenoxy) is 1. The van der Waals surface area contributed by atoms with Crippen LogP contribution in [-0.4, -0.2) is 13.2 Å². The van der Waals surface area contributed by atoms with Crippen LogP contribution in [0.2, 0.25) is 0 Å². The molecule has 2 aromatic carbocycles. The molecule has 1 unspecified atom stereocenters. The van der Waals surface area contributed by atoms with Crippen LogP contribution in [0.4, 0.5) is 0 Å². The molecule has 0 aliphatic carbocycles. The van der Waals surface area contributed by atoms with Crippen LogP contribution in [0.15, 0.2) is 59.1 Å². The fourth-order valence-electron chi connectivity index (χ4n) is 2.28. The number of nitrogens with one attached hydrogen (secondary N) is 1. The molecule has 1 atom stereocenters. The van der Waals surface area contributed by atoms with E-state index in [4.69, 9.17) is 4.74 Å². The number of hydrogen-bond donors (Lipinski definition) is 1. The van der Waals surface area contributed by atoms with Crippen LogP contribution in [0.3, 0.4) is 0 Å². The van der Waals surface area contributed by atoms with Crippen LogP contribution in [0.5, 0.6) is 5.75 Å². The zero-order valence-corrected chi connectivity index (χ0v) is 14.0. The van der Waals surface area contributed by atoms with Gasteiger partial charge in [-0.15, -0.1) is 0 Å². The molecule has 0 bridgehead atoms. The van der Waals surface area contributed by atoms with E-state index in [1.54, 1.807) is 0 Å². The Balaban J connectivity index is 1.71. The Labute approximate surface area is 135 Å². The minimum absolute atomic E-state index is 0.402. The van der Waals surface area contributed by atoms with Crippen molar-refractivity contribution < 1.29 is 4.74 Å². The first-order valence-electron chi connectivity index (χ1n) is 7.46. The summed E-state index contributed by atoms with van der Waals surface area (Å²) in [6.07, 6.45) is 2.08. The second-order valence-electron chi connectivity index (χ2n) is 4.99. The van der Waals surface area contributed by atoms with Crippen LogP contribution in [0, 0.1) is 0 Å². The van der Waals surface area contributed by atoms with Crippen LogP contribution < -0.4 is 10.1 Å². The smallest absolute Gasteiger partial charge is 0.119 e. The highest BCUT2D eigenvalue weighted by Gasteiger charge is 2.08. The SMILES string of the molecule is CCC(NCCCOc1ccccc1)c1cccc(Br)c1. The third kappa shape index (κ3) is 5.52. The normalized spacial score (nSPS) is 12.1. The van der Waals surface area contributed by atoms with Crippen LogP contribution >= 0.6 is 15.9 Å². The van der Waals surface area contributed by atoms with Gasteiger partial charge in [-0.3, -0.25) is 0 Å². The van der Waals surface area contributed by atoms with Gasteiger partial charge in [-0.1, -0.05) is 53.2 Å². The molecule has 0 aliphatic rings. The molecule has 0 saturated heterocycles. The summed E-state index contributed by atoms with van der Waals surface area (Å²) in [5, 5.41) is 3.60. The lowest BCUT2D eigenvalue weighted by atomic mass is 10.0. The Morgan fingerprint density at radius 1 is 1.10 bits per heavy atom. The molecular weight excluding hydrogens is 326 g/mol. The molecule has 0 aromatic heterocycles. The van der Waals surface area contributed by atoms with E-state index < -0.39 is 0 Å². The molecular formula is C18H22BrNO. The molecule has 0 saturated carbocycles. The van der Waals surface area contributed by atoms with E-state index in [1.165, 1.54) is 5.56 Å². The molecule has 0 radical (unpaired) electrons. The predicted molar refractivity (Wildman–Crippen MR) is 91.7 cm³/mol.